The number of aromatic nitrogens is 2. The van der Waals surface area contributed by atoms with Crippen LogP contribution in [0.3, 0.4) is 0 Å². The van der Waals surface area contributed by atoms with Crippen LogP contribution in [0.5, 0.6) is 0 Å². The number of rotatable bonds is 8. The van der Waals surface area contributed by atoms with Crippen molar-refractivity contribution >= 4 is 57.1 Å². The molecule has 0 spiro atoms. The fourth-order valence-corrected chi connectivity index (χ4v) is 4.24. The Labute approximate surface area is 201 Å². The summed E-state index contributed by atoms with van der Waals surface area (Å²) in [5, 5.41) is 27.2. The Bertz CT molecular complexity index is 941. The molecular weight excluding hydrogens is 525 g/mol. The van der Waals surface area contributed by atoms with E-state index in [1.54, 1.807) is 0 Å². The molecule has 1 aliphatic rings. The smallest absolute Gasteiger partial charge is 0.205 e. The van der Waals surface area contributed by atoms with Crippen LogP contribution in [0.1, 0.15) is 12.6 Å². The summed E-state index contributed by atoms with van der Waals surface area (Å²) in [4.78, 5) is 2.17. The van der Waals surface area contributed by atoms with Crippen LogP contribution in [0.2, 0.25) is 0 Å². The van der Waals surface area contributed by atoms with Crippen LogP contribution in [0.15, 0.2) is 41.9 Å². The highest BCUT2D eigenvalue weighted by Crippen LogP contribution is 2.23. The zero-order chi connectivity index (χ0) is 22.8. The first-order valence-corrected chi connectivity index (χ1v) is 12.5. The van der Waals surface area contributed by atoms with Gasteiger partial charge in [0, 0.05) is 36.8 Å². The van der Waals surface area contributed by atoms with Gasteiger partial charge in [0.1, 0.15) is 5.82 Å². The van der Waals surface area contributed by atoms with E-state index in [1.807, 2.05) is 0 Å². The average molecular weight is 548 g/mol. The highest BCUT2D eigenvalue weighted by atomic mass is 79.9. The lowest BCUT2D eigenvalue weighted by Gasteiger charge is -2.29. The summed E-state index contributed by atoms with van der Waals surface area (Å²) in [6, 6.07) is 4.32. The number of thioether (sulfide) groups is 1. The highest BCUT2D eigenvalue weighted by molar-refractivity contribution is 9.10. The molecule has 14 heteroatoms. The predicted molar refractivity (Wildman–Crippen MR) is 127 cm³/mol. The number of hydrogen-bond acceptors (Lipinski definition) is 9. The third-order valence-corrected chi connectivity index (χ3v) is 6.30. The molecule has 2 aromatic rings. The number of morpholine rings is 1. The monoisotopic (exact) mass is 547 g/mol. The van der Waals surface area contributed by atoms with E-state index in [2.05, 4.69) is 58.3 Å². The third kappa shape index (κ3) is 6.98. The van der Waals surface area contributed by atoms with Crippen molar-refractivity contribution in [2.24, 2.45) is 9.55 Å². The molecule has 0 aliphatic carbocycles. The number of hydrogen-bond donors (Lipinski definition) is 3. The summed E-state index contributed by atoms with van der Waals surface area (Å²) in [7, 11) is 0. The van der Waals surface area contributed by atoms with Crippen molar-refractivity contribution in [1.82, 2.24) is 20.5 Å². The fraction of sp³-hybridized carbons (Fsp3) is 0.444. The minimum absolute atomic E-state index is 0.0372. The topological polar surface area (TPSA) is 120 Å². The molecule has 32 heavy (non-hydrogen) atoms. The molecule has 0 bridgehead atoms. The number of nitrogens with one attached hydrogen (secondary N) is 2. The normalized spacial score (nSPS) is 15.2. The van der Waals surface area contributed by atoms with Crippen molar-refractivity contribution < 1.29 is 19.0 Å². The van der Waals surface area contributed by atoms with Gasteiger partial charge < -0.3 is 25.5 Å². The van der Waals surface area contributed by atoms with Gasteiger partial charge in [0.05, 0.1) is 17.7 Å². The van der Waals surface area contributed by atoms with Crippen LogP contribution in [0.25, 0.3) is 0 Å². The van der Waals surface area contributed by atoms with Gasteiger partial charge in [-0.1, -0.05) is 23.8 Å². The third-order valence-electron chi connectivity index (χ3n) is 4.18. The van der Waals surface area contributed by atoms with Gasteiger partial charge in [-0.15, -0.1) is 0 Å². The van der Waals surface area contributed by atoms with Crippen molar-refractivity contribution in [1.29, 1.82) is 0 Å². The summed E-state index contributed by atoms with van der Waals surface area (Å²) in [6.45, 7) is 5.63. The summed E-state index contributed by atoms with van der Waals surface area (Å²) >= 11 is 6.01. The summed E-state index contributed by atoms with van der Waals surface area (Å²) in [5.41, 5.74) is 0.757. The molecule has 2 heterocycles. The summed E-state index contributed by atoms with van der Waals surface area (Å²) < 4.78 is 28.5. The molecule has 0 saturated carbocycles. The van der Waals surface area contributed by atoms with Gasteiger partial charge in [-0.2, -0.15) is 4.40 Å². The molecular formula is C18H23BrFN7O3S2. The molecule has 3 rings (SSSR count). The summed E-state index contributed by atoms with van der Waals surface area (Å²) in [5.74, 6) is 2.00. The number of anilines is 1. The Morgan fingerprint density at radius 3 is 2.88 bits per heavy atom. The Morgan fingerprint density at radius 2 is 2.16 bits per heavy atom. The van der Waals surface area contributed by atoms with Crippen molar-refractivity contribution in [2.75, 3.05) is 49.7 Å². The van der Waals surface area contributed by atoms with Crippen LogP contribution in [-0.4, -0.2) is 76.6 Å². The van der Waals surface area contributed by atoms with E-state index in [0.29, 0.717) is 36.2 Å². The van der Waals surface area contributed by atoms with Gasteiger partial charge in [-0.25, -0.2) is 9.02 Å². The van der Waals surface area contributed by atoms with E-state index in [9.17, 15) is 9.60 Å². The quantitative estimate of drug-likeness (QED) is 0.0863. The van der Waals surface area contributed by atoms with E-state index in [0.717, 1.165) is 24.8 Å². The number of nitrogens with zero attached hydrogens (tertiary/aromatic N) is 5. The maximum absolute atomic E-state index is 13.5. The Hall–Kier alpha value is -2.03. The molecule has 1 aromatic carbocycles. The number of ether oxygens (including phenoxy) is 1. The molecule has 1 fully saturated rings. The fourth-order valence-electron chi connectivity index (χ4n) is 2.68. The molecule has 1 aliphatic heterocycles. The Kier molecular flexibility index (Phi) is 9.89. The second-order valence-electron chi connectivity index (χ2n) is 6.33. The van der Waals surface area contributed by atoms with E-state index in [4.69, 9.17) is 9.37 Å². The van der Waals surface area contributed by atoms with Crippen LogP contribution in [0, 0.1) is 5.82 Å². The van der Waals surface area contributed by atoms with Gasteiger partial charge in [0.25, 0.3) is 0 Å². The van der Waals surface area contributed by atoms with E-state index in [1.165, 1.54) is 41.9 Å². The molecule has 0 radical (unpaired) electrons. The molecule has 1 aromatic heterocycles. The van der Waals surface area contributed by atoms with Gasteiger partial charge in [0.2, 0.25) is 11.8 Å². The van der Waals surface area contributed by atoms with Gasteiger partial charge in [-0.3, -0.25) is 0 Å². The molecule has 3 N–H and O–H groups in total. The van der Waals surface area contributed by atoms with Gasteiger partial charge >= 0.3 is 0 Å². The standard InChI is InChI=1S/C18H23BrFN7O3S2/c1-2-32-26-18(27-6-8-29-9-7-27)21-5-10-31-17-15(24-30-25-17)16(23-28)22-12-3-4-14(20)13(19)11-12/h3-4,11,28H,2,5-10H2,1H3,(H,21,26)(H,22,23). The maximum Gasteiger partial charge on any atom is 0.205 e. The Morgan fingerprint density at radius 1 is 1.34 bits per heavy atom. The van der Waals surface area contributed by atoms with E-state index in [-0.39, 0.29) is 16.0 Å². The second kappa shape index (κ2) is 12.9. The van der Waals surface area contributed by atoms with Gasteiger partial charge in [-0.05, 0) is 56.4 Å². The number of benzene rings is 1. The highest BCUT2D eigenvalue weighted by Gasteiger charge is 2.19. The number of guanidine groups is 1. The minimum atomic E-state index is -0.401. The lowest BCUT2D eigenvalue weighted by Crippen LogP contribution is -2.47. The largest absolute Gasteiger partial charge is 0.409 e. The molecule has 0 amide bonds. The summed E-state index contributed by atoms with van der Waals surface area (Å²) in [6.07, 6.45) is 0. The number of oxime groups is 1. The average Bonchev–Trinajstić information content (AvgIpc) is 3.28. The van der Waals surface area contributed by atoms with E-state index >= 15 is 0 Å². The van der Waals surface area contributed by atoms with Crippen LogP contribution in [0.4, 0.5) is 10.1 Å². The molecule has 174 valence electrons. The SMILES string of the molecule is CCS/N=C(/NCCSc1nonc1/C(=N/O)Nc1ccc(F)c(Br)c1)N1CCOCC1. The van der Waals surface area contributed by atoms with Crippen LogP contribution >= 0.6 is 39.6 Å². The van der Waals surface area contributed by atoms with Crippen molar-refractivity contribution in [3.05, 3.63) is 34.2 Å². The molecule has 10 nitrogen and oxygen atoms in total. The zero-order valence-electron chi connectivity index (χ0n) is 17.3. The Balaban J connectivity index is 1.57. The first-order valence-electron chi connectivity index (χ1n) is 9.78. The predicted octanol–water partition coefficient (Wildman–Crippen LogP) is 3.26. The maximum atomic E-state index is 13.5. The second-order valence-corrected chi connectivity index (χ2v) is 9.28. The molecule has 0 atom stereocenters. The lowest BCUT2D eigenvalue weighted by atomic mass is 10.3. The zero-order valence-corrected chi connectivity index (χ0v) is 20.5. The van der Waals surface area contributed by atoms with Crippen LogP contribution in [-0.2, 0) is 4.74 Å². The molecule has 0 unspecified atom stereocenters. The number of amidine groups is 1. The van der Waals surface area contributed by atoms with Crippen molar-refractivity contribution in [3.8, 4) is 0 Å². The van der Waals surface area contributed by atoms with Gasteiger partial charge in [0.15, 0.2) is 10.7 Å². The number of halogens is 2. The lowest BCUT2D eigenvalue weighted by molar-refractivity contribution is 0.0667. The van der Waals surface area contributed by atoms with Crippen LogP contribution < -0.4 is 10.6 Å². The first-order chi connectivity index (χ1) is 15.6. The van der Waals surface area contributed by atoms with Crippen molar-refractivity contribution in [3.63, 3.8) is 0 Å². The van der Waals surface area contributed by atoms with E-state index < -0.39 is 5.82 Å². The molecule has 1 saturated heterocycles. The minimum Gasteiger partial charge on any atom is -0.409 e. The first kappa shape index (κ1) is 24.6. The van der Waals surface area contributed by atoms with Crippen molar-refractivity contribution in [2.45, 2.75) is 11.9 Å².